The van der Waals surface area contributed by atoms with Crippen LogP contribution in [-0.2, 0) is 28.6 Å². The number of allylic oxidation sites excluding steroid dienone is 18. The number of rotatable bonds is 61. The van der Waals surface area contributed by atoms with Crippen molar-refractivity contribution in [3.8, 4) is 0 Å². The van der Waals surface area contributed by atoms with Crippen molar-refractivity contribution in [1.29, 1.82) is 0 Å². The fraction of sp³-hybridized carbons (Fsp3) is 0.716. The highest BCUT2D eigenvalue weighted by molar-refractivity contribution is 5.71. The van der Waals surface area contributed by atoms with Gasteiger partial charge in [0.25, 0.3) is 0 Å². The molecular formula is C74H126O6. The summed E-state index contributed by atoms with van der Waals surface area (Å²) >= 11 is 0. The molecule has 1 atom stereocenters. The van der Waals surface area contributed by atoms with Crippen molar-refractivity contribution >= 4 is 17.9 Å². The van der Waals surface area contributed by atoms with E-state index in [9.17, 15) is 14.4 Å². The first-order valence-corrected chi connectivity index (χ1v) is 33.9. The van der Waals surface area contributed by atoms with Gasteiger partial charge in [0.2, 0.25) is 0 Å². The standard InChI is InChI=1S/C74H126O6/c1-4-7-10-13-16-19-21-23-25-27-29-31-32-33-34-35-36-37-38-39-40-41-42-44-45-47-49-51-53-55-58-61-64-67-73(76)79-70-71(69-78-72(75)66-63-60-57-18-15-12-9-6-3)80-74(77)68-65-62-59-56-54-52-50-48-46-43-30-28-26-24-22-20-17-14-11-8-5-2/h7,10,16,19,22-25,28-31,33-34,36-37,46,48,71H,4-6,8-9,11-15,17-18,20-21,26-27,32,35,38-45,47,49-70H2,1-3H3/b10-7-,19-16-,24-22-,25-23-,30-28-,31-29-,34-33-,37-36-,48-46-. The predicted molar refractivity (Wildman–Crippen MR) is 348 cm³/mol. The predicted octanol–water partition coefficient (Wildman–Crippen LogP) is 23.4. The topological polar surface area (TPSA) is 78.9 Å². The largest absolute Gasteiger partial charge is 0.462 e. The van der Waals surface area contributed by atoms with Gasteiger partial charge < -0.3 is 14.2 Å². The fourth-order valence-corrected chi connectivity index (χ4v) is 9.45. The third-order valence-electron chi connectivity index (χ3n) is 14.5. The van der Waals surface area contributed by atoms with E-state index in [1.807, 2.05) is 0 Å². The average Bonchev–Trinajstić information content (AvgIpc) is 3.46. The van der Waals surface area contributed by atoms with Crippen molar-refractivity contribution in [1.82, 2.24) is 0 Å². The van der Waals surface area contributed by atoms with E-state index in [1.165, 1.54) is 161 Å². The van der Waals surface area contributed by atoms with Gasteiger partial charge in [-0.25, -0.2) is 0 Å². The summed E-state index contributed by atoms with van der Waals surface area (Å²) in [7, 11) is 0. The molecule has 0 amide bonds. The quantitative estimate of drug-likeness (QED) is 0.0261. The van der Waals surface area contributed by atoms with Crippen LogP contribution >= 0.6 is 0 Å². The SMILES string of the molecule is CC/C=C\C/C=C\C/C=C\C/C=C\C/C=C\C/C=C\CCCCCCCCCCCCCCCCC(=O)OCC(COC(=O)CCCCCCCCCC)OC(=O)CCCCCCCC/C=C\C/C=C\C/C=C\CCCCCCC. The summed E-state index contributed by atoms with van der Waals surface area (Å²) in [5.74, 6) is -0.889. The minimum Gasteiger partial charge on any atom is -0.462 e. The smallest absolute Gasteiger partial charge is 0.306 e. The Labute approximate surface area is 495 Å². The molecule has 0 heterocycles. The van der Waals surface area contributed by atoms with E-state index in [-0.39, 0.29) is 31.1 Å². The zero-order valence-electron chi connectivity index (χ0n) is 52.6. The molecule has 6 nitrogen and oxygen atoms in total. The summed E-state index contributed by atoms with van der Waals surface area (Å²) in [6.45, 7) is 6.50. The molecule has 0 spiro atoms. The highest BCUT2D eigenvalue weighted by Crippen LogP contribution is 2.16. The Morgan fingerprint density at radius 2 is 0.487 bits per heavy atom. The number of hydrogen-bond donors (Lipinski definition) is 0. The number of carbonyl (C=O) groups excluding carboxylic acids is 3. The van der Waals surface area contributed by atoms with Gasteiger partial charge in [0.05, 0.1) is 0 Å². The third-order valence-corrected chi connectivity index (χ3v) is 14.5. The first-order valence-electron chi connectivity index (χ1n) is 33.9. The van der Waals surface area contributed by atoms with Gasteiger partial charge in [-0.05, 0) is 109 Å². The van der Waals surface area contributed by atoms with Crippen molar-refractivity contribution in [2.24, 2.45) is 0 Å². The molecule has 0 saturated carbocycles. The van der Waals surface area contributed by atoms with Crippen LogP contribution in [-0.4, -0.2) is 37.2 Å². The van der Waals surface area contributed by atoms with Crippen molar-refractivity contribution in [3.05, 3.63) is 109 Å². The van der Waals surface area contributed by atoms with Crippen molar-refractivity contribution in [2.75, 3.05) is 13.2 Å². The van der Waals surface area contributed by atoms with E-state index in [4.69, 9.17) is 14.2 Å². The number of ether oxygens (including phenoxy) is 3. The van der Waals surface area contributed by atoms with Crippen LogP contribution in [0.5, 0.6) is 0 Å². The first-order chi connectivity index (χ1) is 39.5. The molecule has 1 unspecified atom stereocenters. The molecule has 0 aliphatic heterocycles. The highest BCUT2D eigenvalue weighted by atomic mass is 16.6. The molecule has 0 N–H and O–H groups in total. The average molecular weight is 1110 g/mol. The van der Waals surface area contributed by atoms with Crippen LogP contribution < -0.4 is 0 Å². The molecule has 0 aliphatic rings. The Balaban J connectivity index is 4.13. The Morgan fingerprint density at radius 3 is 0.762 bits per heavy atom. The van der Waals surface area contributed by atoms with Gasteiger partial charge >= 0.3 is 17.9 Å². The normalized spacial score (nSPS) is 12.8. The van der Waals surface area contributed by atoms with E-state index < -0.39 is 6.10 Å². The zero-order valence-corrected chi connectivity index (χ0v) is 52.6. The number of hydrogen-bond acceptors (Lipinski definition) is 6. The van der Waals surface area contributed by atoms with Crippen molar-refractivity contribution in [2.45, 2.75) is 329 Å². The Kier molecular flexibility index (Phi) is 64.3. The highest BCUT2D eigenvalue weighted by Gasteiger charge is 2.19. The number of carbonyl (C=O) groups is 3. The van der Waals surface area contributed by atoms with Crippen LogP contribution in [0.1, 0.15) is 323 Å². The molecule has 0 fully saturated rings. The maximum atomic E-state index is 12.9. The van der Waals surface area contributed by atoms with E-state index in [0.29, 0.717) is 19.3 Å². The van der Waals surface area contributed by atoms with Gasteiger partial charge in [0, 0.05) is 19.3 Å². The molecule has 0 aromatic rings. The minimum absolute atomic E-state index is 0.0808. The Hall–Kier alpha value is -3.93. The molecule has 80 heavy (non-hydrogen) atoms. The molecule has 0 rings (SSSR count). The lowest BCUT2D eigenvalue weighted by Crippen LogP contribution is -2.30. The van der Waals surface area contributed by atoms with E-state index in [0.717, 1.165) is 122 Å². The van der Waals surface area contributed by atoms with Crippen molar-refractivity contribution < 1.29 is 28.6 Å². The lowest BCUT2D eigenvalue weighted by Gasteiger charge is -2.18. The molecule has 0 radical (unpaired) electrons. The third kappa shape index (κ3) is 64.9. The lowest BCUT2D eigenvalue weighted by atomic mass is 10.0. The van der Waals surface area contributed by atoms with E-state index in [1.54, 1.807) is 0 Å². The summed E-state index contributed by atoms with van der Waals surface area (Å²) in [6.07, 6.45) is 92.7. The molecule has 0 aromatic carbocycles. The molecular weight excluding hydrogens is 985 g/mol. The van der Waals surface area contributed by atoms with E-state index in [2.05, 4.69) is 130 Å². The molecule has 6 heteroatoms. The maximum Gasteiger partial charge on any atom is 0.306 e. The first kappa shape index (κ1) is 76.1. The summed E-state index contributed by atoms with van der Waals surface area (Å²) in [4.78, 5) is 38.2. The maximum absolute atomic E-state index is 12.9. The Bertz CT molecular complexity index is 1610. The van der Waals surface area contributed by atoms with Crippen molar-refractivity contribution in [3.63, 3.8) is 0 Å². The second kappa shape index (κ2) is 67.6. The molecule has 0 saturated heterocycles. The molecule has 0 aromatic heterocycles. The van der Waals surface area contributed by atoms with Gasteiger partial charge in [-0.15, -0.1) is 0 Å². The number of esters is 3. The number of unbranched alkanes of at least 4 members (excludes halogenated alkanes) is 32. The van der Waals surface area contributed by atoms with Gasteiger partial charge in [0.1, 0.15) is 13.2 Å². The van der Waals surface area contributed by atoms with Gasteiger partial charge in [0.15, 0.2) is 6.10 Å². The summed E-state index contributed by atoms with van der Waals surface area (Å²) in [5.41, 5.74) is 0. The van der Waals surface area contributed by atoms with Crippen LogP contribution in [0.2, 0.25) is 0 Å². The second-order valence-corrected chi connectivity index (χ2v) is 22.4. The van der Waals surface area contributed by atoms with Gasteiger partial charge in [-0.2, -0.15) is 0 Å². The zero-order chi connectivity index (χ0) is 57.8. The molecule has 0 bridgehead atoms. The minimum atomic E-state index is -0.783. The van der Waals surface area contributed by atoms with E-state index >= 15 is 0 Å². The summed E-state index contributed by atoms with van der Waals surface area (Å²) < 4.78 is 16.9. The lowest BCUT2D eigenvalue weighted by molar-refractivity contribution is -0.167. The van der Waals surface area contributed by atoms with Crippen LogP contribution in [0.3, 0.4) is 0 Å². The summed E-state index contributed by atoms with van der Waals surface area (Å²) in [6, 6.07) is 0. The van der Waals surface area contributed by atoms with Gasteiger partial charge in [-0.1, -0.05) is 304 Å². The van der Waals surface area contributed by atoms with Crippen LogP contribution in [0.4, 0.5) is 0 Å². The van der Waals surface area contributed by atoms with Crippen LogP contribution in [0, 0.1) is 0 Å². The Morgan fingerprint density at radius 1 is 0.263 bits per heavy atom. The summed E-state index contributed by atoms with van der Waals surface area (Å²) in [5, 5.41) is 0. The van der Waals surface area contributed by atoms with Crippen LogP contribution in [0.25, 0.3) is 0 Å². The monoisotopic (exact) mass is 1110 g/mol. The van der Waals surface area contributed by atoms with Gasteiger partial charge in [-0.3, -0.25) is 14.4 Å². The molecule has 0 aliphatic carbocycles. The second-order valence-electron chi connectivity index (χ2n) is 22.4. The van der Waals surface area contributed by atoms with Crippen LogP contribution in [0.15, 0.2) is 109 Å². The fourth-order valence-electron chi connectivity index (χ4n) is 9.45. The molecule has 458 valence electrons.